The van der Waals surface area contributed by atoms with E-state index in [1.807, 2.05) is 17.5 Å². The van der Waals surface area contributed by atoms with Crippen molar-refractivity contribution in [2.75, 3.05) is 20.1 Å². The van der Waals surface area contributed by atoms with Gasteiger partial charge in [0.05, 0.1) is 6.54 Å². The van der Waals surface area contributed by atoms with E-state index in [1.165, 1.54) is 4.90 Å². The molecule has 25 heavy (non-hydrogen) atoms. The van der Waals surface area contributed by atoms with Gasteiger partial charge in [0.25, 0.3) is 5.91 Å². The average molecular weight is 364 g/mol. The zero-order valence-corrected chi connectivity index (χ0v) is 15.2. The molecular formula is C17H24N4O3S. The van der Waals surface area contributed by atoms with E-state index in [2.05, 4.69) is 10.6 Å². The van der Waals surface area contributed by atoms with Crippen molar-refractivity contribution >= 4 is 29.3 Å². The maximum Gasteiger partial charge on any atom is 0.325 e. The monoisotopic (exact) mass is 364 g/mol. The predicted molar refractivity (Wildman–Crippen MR) is 95.2 cm³/mol. The van der Waals surface area contributed by atoms with E-state index in [0.29, 0.717) is 26.1 Å². The van der Waals surface area contributed by atoms with Gasteiger partial charge in [0.1, 0.15) is 5.54 Å². The summed E-state index contributed by atoms with van der Waals surface area (Å²) in [5, 5.41) is 7.68. The molecule has 1 aromatic rings. The summed E-state index contributed by atoms with van der Waals surface area (Å²) in [6.45, 7) is 1.33. The Morgan fingerprint density at radius 2 is 2.16 bits per heavy atom. The fourth-order valence-corrected chi connectivity index (χ4v) is 4.23. The molecule has 1 saturated carbocycles. The maximum absolute atomic E-state index is 12.5. The predicted octanol–water partition coefficient (Wildman–Crippen LogP) is 2.14. The molecule has 1 aliphatic heterocycles. The van der Waals surface area contributed by atoms with Gasteiger partial charge < -0.3 is 15.5 Å². The summed E-state index contributed by atoms with van der Waals surface area (Å²) in [6, 6.07) is 3.50. The van der Waals surface area contributed by atoms with Crippen molar-refractivity contribution in [2.45, 2.75) is 44.2 Å². The Labute approximate surface area is 151 Å². The molecule has 136 valence electrons. The first kappa shape index (κ1) is 17.7. The van der Waals surface area contributed by atoms with Gasteiger partial charge in [0.2, 0.25) is 0 Å². The number of imide groups is 1. The highest BCUT2D eigenvalue weighted by Gasteiger charge is 2.51. The molecule has 8 heteroatoms. The maximum atomic E-state index is 12.5. The van der Waals surface area contributed by atoms with Gasteiger partial charge >= 0.3 is 12.1 Å². The SMILES string of the molecule is CN(Cc1cccs1)C(=O)NCCCN1C(=O)NC2(CCCC2)C1=O. The molecule has 0 bridgehead atoms. The lowest BCUT2D eigenvalue weighted by Crippen LogP contribution is -2.44. The van der Waals surface area contributed by atoms with Gasteiger partial charge in [-0.1, -0.05) is 18.9 Å². The van der Waals surface area contributed by atoms with Crippen LogP contribution in [-0.4, -0.2) is 53.4 Å². The molecule has 1 spiro atoms. The minimum absolute atomic E-state index is 0.101. The summed E-state index contributed by atoms with van der Waals surface area (Å²) in [7, 11) is 1.75. The molecule has 1 aliphatic carbocycles. The van der Waals surface area contributed by atoms with Crippen LogP contribution in [0, 0.1) is 0 Å². The Morgan fingerprint density at radius 1 is 1.40 bits per heavy atom. The highest BCUT2D eigenvalue weighted by atomic mass is 32.1. The van der Waals surface area contributed by atoms with Crippen molar-refractivity contribution in [3.8, 4) is 0 Å². The summed E-state index contributed by atoms with van der Waals surface area (Å²) in [5.74, 6) is -0.101. The van der Waals surface area contributed by atoms with E-state index >= 15 is 0 Å². The van der Waals surface area contributed by atoms with Crippen molar-refractivity contribution in [1.29, 1.82) is 0 Å². The van der Waals surface area contributed by atoms with Gasteiger partial charge in [0.15, 0.2) is 0 Å². The molecule has 0 atom stereocenters. The van der Waals surface area contributed by atoms with E-state index in [9.17, 15) is 14.4 Å². The third-order valence-corrected chi connectivity index (χ3v) is 5.72. The molecule has 0 unspecified atom stereocenters. The molecule has 2 fully saturated rings. The molecule has 1 aromatic heterocycles. The number of carbonyl (C=O) groups is 3. The molecule has 2 aliphatic rings. The Kier molecular flexibility index (Phi) is 5.27. The number of nitrogens with zero attached hydrogens (tertiary/aromatic N) is 2. The number of rotatable bonds is 6. The summed E-state index contributed by atoms with van der Waals surface area (Å²) in [6.07, 6.45) is 3.98. The second kappa shape index (κ2) is 7.43. The van der Waals surface area contributed by atoms with E-state index < -0.39 is 5.54 Å². The first-order valence-corrected chi connectivity index (χ1v) is 9.55. The van der Waals surface area contributed by atoms with Crippen LogP contribution in [0.5, 0.6) is 0 Å². The van der Waals surface area contributed by atoms with Crippen LogP contribution in [0.3, 0.4) is 0 Å². The lowest BCUT2D eigenvalue weighted by Gasteiger charge is -2.20. The number of urea groups is 2. The van der Waals surface area contributed by atoms with E-state index in [-0.39, 0.29) is 18.0 Å². The highest BCUT2D eigenvalue weighted by Crippen LogP contribution is 2.34. The van der Waals surface area contributed by atoms with Crippen LogP contribution >= 0.6 is 11.3 Å². The second-order valence-electron chi connectivity index (χ2n) is 6.70. The lowest BCUT2D eigenvalue weighted by molar-refractivity contribution is -0.131. The van der Waals surface area contributed by atoms with Crippen LogP contribution in [0.2, 0.25) is 0 Å². The fourth-order valence-electron chi connectivity index (χ4n) is 3.47. The first-order valence-electron chi connectivity index (χ1n) is 8.67. The van der Waals surface area contributed by atoms with Crippen LogP contribution in [0.25, 0.3) is 0 Å². The van der Waals surface area contributed by atoms with Crippen LogP contribution in [0.15, 0.2) is 17.5 Å². The number of hydrogen-bond acceptors (Lipinski definition) is 4. The van der Waals surface area contributed by atoms with Gasteiger partial charge in [-0.25, -0.2) is 9.59 Å². The molecule has 2 N–H and O–H groups in total. The third-order valence-electron chi connectivity index (χ3n) is 4.86. The number of amides is 5. The zero-order chi connectivity index (χ0) is 17.9. The molecule has 0 aromatic carbocycles. The normalized spacial score (nSPS) is 18.7. The standard InChI is InChI=1S/C17H24N4O3S/c1-20(12-13-6-4-11-25-13)15(23)18-9-5-10-21-14(22)17(19-16(21)24)7-2-3-8-17/h4,6,11H,2-3,5,7-10,12H2,1H3,(H,18,23)(H,19,24). The van der Waals surface area contributed by atoms with E-state index in [4.69, 9.17) is 0 Å². The Morgan fingerprint density at radius 3 is 2.84 bits per heavy atom. The number of nitrogens with one attached hydrogen (secondary N) is 2. The summed E-state index contributed by atoms with van der Waals surface area (Å²) in [5.41, 5.74) is -0.652. The van der Waals surface area contributed by atoms with Crippen molar-refractivity contribution in [3.63, 3.8) is 0 Å². The topological polar surface area (TPSA) is 81.8 Å². The average Bonchev–Trinajstić information content (AvgIpc) is 3.30. The summed E-state index contributed by atoms with van der Waals surface area (Å²) < 4.78 is 0. The summed E-state index contributed by atoms with van der Waals surface area (Å²) in [4.78, 5) is 40.7. The fraction of sp³-hybridized carbons (Fsp3) is 0.588. The quantitative estimate of drug-likeness (QED) is 0.599. The largest absolute Gasteiger partial charge is 0.338 e. The van der Waals surface area contributed by atoms with Gasteiger partial charge in [-0.3, -0.25) is 9.69 Å². The lowest BCUT2D eigenvalue weighted by atomic mass is 9.98. The van der Waals surface area contributed by atoms with Crippen molar-refractivity contribution in [3.05, 3.63) is 22.4 Å². The van der Waals surface area contributed by atoms with Crippen LogP contribution in [0.4, 0.5) is 9.59 Å². The van der Waals surface area contributed by atoms with Gasteiger partial charge in [-0.15, -0.1) is 11.3 Å². The molecule has 5 amide bonds. The van der Waals surface area contributed by atoms with E-state index in [1.54, 1.807) is 23.3 Å². The zero-order valence-electron chi connectivity index (χ0n) is 14.4. The van der Waals surface area contributed by atoms with Crippen molar-refractivity contribution < 1.29 is 14.4 Å². The minimum atomic E-state index is -0.652. The molecule has 7 nitrogen and oxygen atoms in total. The van der Waals surface area contributed by atoms with E-state index in [0.717, 1.165) is 30.6 Å². The van der Waals surface area contributed by atoms with Gasteiger partial charge in [-0.2, -0.15) is 0 Å². The second-order valence-corrected chi connectivity index (χ2v) is 7.73. The number of thiophene rings is 1. The van der Waals surface area contributed by atoms with Crippen molar-refractivity contribution in [2.24, 2.45) is 0 Å². The third kappa shape index (κ3) is 3.78. The van der Waals surface area contributed by atoms with Crippen LogP contribution in [-0.2, 0) is 11.3 Å². The molecule has 3 rings (SSSR count). The Hall–Kier alpha value is -2.09. The molecular weight excluding hydrogens is 340 g/mol. The van der Waals surface area contributed by atoms with Gasteiger partial charge in [-0.05, 0) is 30.7 Å². The van der Waals surface area contributed by atoms with Gasteiger partial charge in [0, 0.05) is 25.0 Å². The summed E-state index contributed by atoms with van der Waals surface area (Å²) >= 11 is 1.61. The van der Waals surface area contributed by atoms with Crippen LogP contribution in [0.1, 0.15) is 37.0 Å². The molecule has 0 radical (unpaired) electrons. The van der Waals surface area contributed by atoms with Crippen LogP contribution < -0.4 is 10.6 Å². The first-order chi connectivity index (χ1) is 12.0. The Bertz CT molecular complexity index is 640. The minimum Gasteiger partial charge on any atom is -0.338 e. The molecule has 1 saturated heterocycles. The number of carbonyl (C=O) groups excluding carboxylic acids is 3. The molecule has 2 heterocycles. The smallest absolute Gasteiger partial charge is 0.325 e. The Balaban J connectivity index is 1.40. The van der Waals surface area contributed by atoms with Crippen molar-refractivity contribution in [1.82, 2.24) is 20.4 Å². The number of hydrogen-bond donors (Lipinski definition) is 2. The highest BCUT2D eigenvalue weighted by molar-refractivity contribution is 7.09.